The summed E-state index contributed by atoms with van der Waals surface area (Å²) in [6, 6.07) is 0. The Kier molecular flexibility index (Phi) is 5.71. The van der Waals surface area contributed by atoms with Gasteiger partial charge < -0.3 is 4.74 Å². The third kappa shape index (κ3) is 4.06. The quantitative estimate of drug-likeness (QED) is 0.604. The molecule has 6 heteroatoms. The molecule has 0 bridgehead atoms. The second kappa shape index (κ2) is 5.98. The van der Waals surface area contributed by atoms with Crippen LogP contribution in [0.2, 0.25) is 0 Å². The Hall–Kier alpha value is -0.620. The van der Waals surface area contributed by atoms with Crippen molar-refractivity contribution in [1.29, 1.82) is 0 Å². The minimum absolute atomic E-state index is 0.000243. The molecule has 0 rings (SSSR count). The van der Waals surface area contributed by atoms with E-state index in [9.17, 15) is 13.2 Å². The highest BCUT2D eigenvalue weighted by Gasteiger charge is 2.21. The molecule has 0 radical (unpaired) electrons. The maximum atomic E-state index is 11.4. The summed E-state index contributed by atoms with van der Waals surface area (Å²) in [5.74, 6) is -0.508. The molecule has 0 N–H and O–H groups in total. The van der Waals surface area contributed by atoms with Gasteiger partial charge in [0.15, 0.2) is 0 Å². The van der Waals surface area contributed by atoms with Gasteiger partial charge in [0.2, 0.25) is 10.0 Å². The highest BCUT2D eigenvalue weighted by Crippen LogP contribution is 2.00. The molecule has 5 nitrogen and oxygen atoms in total. The molecule has 0 amide bonds. The summed E-state index contributed by atoms with van der Waals surface area (Å²) >= 11 is 0. The predicted molar refractivity (Wildman–Crippen MR) is 53.3 cm³/mol. The number of esters is 1. The van der Waals surface area contributed by atoms with E-state index in [0.717, 1.165) is 4.31 Å². The van der Waals surface area contributed by atoms with Crippen LogP contribution in [-0.4, -0.2) is 44.1 Å². The van der Waals surface area contributed by atoms with Gasteiger partial charge in [-0.1, -0.05) is 6.92 Å². The van der Waals surface area contributed by atoms with Crippen LogP contribution in [0.25, 0.3) is 0 Å². The standard InChI is InChI=1S/C8H17NO4S/c1-4-9(14(11,12)6-3)7-8(10)13-5-2/h4-7H2,1-3H3. The lowest BCUT2D eigenvalue weighted by atomic mass is 10.6. The Morgan fingerprint density at radius 3 is 2.21 bits per heavy atom. The summed E-state index contributed by atoms with van der Waals surface area (Å²) in [7, 11) is -3.29. The molecular weight excluding hydrogens is 206 g/mol. The number of sulfonamides is 1. The van der Waals surface area contributed by atoms with Gasteiger partial charge in [-0.05, 0) is 13.8 Å². The summed E-state index contributed by atoms with van der Waals surface area (Å²) in [5, 5.41) is 0. The van der Waals surface area contributed by atoms with Crippen LogP contribution in [-0.2, 0) is 19.6 Å². The second-order valence-corrected chi connectivity index (χ2v) is 4.89. The van der Waals surface area contributed by atoms with E-state index in [4.69, 9.17) is 0 Å². The second-order valence-electron chi connectivity index (χ2n) is 2.63. The fraction of sp³-hybridized carbons (Fsp3) is 0.875. The first kappa shape index (κ1) is 13.4. The van der Waals surface area contributed by atoms with Gasteiger partial charge >= 0.3 is 5.97 Å². The number of carbonyl (C=O) groups is 1. The van der Waals surface area contributed by atoms with Crippen LogP contribution in [0.3, 0.4) is 0 Å². The molecule has 0 unspecified atom stereocenters. The van der Waals surface area contributed by atoms with E-state index in [1.54, 1.807) is 20.8 Å². The fourth-order valence-electron chi connectivity index (χ4n) is 0.940. The van der Waals surface area contributed by atoms with E-state index in [0.29, 0.717) is 0 Å². The van der Waals surface area contributed by atoms with E-state index in [1.807, 2.05) is 0 Å². The van der Waals surface area contributed by atoms with E-state index < -0.39 is 16.0 Å². The average Bonchev–Trinajstić information content (AvgIpc) is 2.14. The van der Waals surface area contributed by atoms with E-state index in [2.05, 4.69) is 4.74 Å². The summed E-state index contributed by atoms with van der Waals surface area (Å²) < 4.78 is 28.6. The molecule has 84 valence electrons. The van der Waals surface area contributed by atoms with E-state index >= 15 is 0 Å². The van der Waals surface area contributed by atoms with Gasteiger partial charge in [0.05, 0.1) is 12.4 Å². The lowest BCUT2D eigenvalue weighted by Crippen LogP contribution is -2.37. The molecule has 0 fully saturated rings. The molecule has 0 atom stereocenters. The van der Waals surface area contributed by atoms with Gasteiger partial charge in [0.25, 0.3) is 0 Å². The SMILES string of the molecule is CCOC(=O)CN(CC)S(=O)(=O)CC. The van der Waals surface area contributed by atoms with Gasteiger partial charge in [0.1, 0.15) is 6.54 Å². The van der Waals surface area contributed by atoms with Gasteiger partial charge in [0, 0.05) is 6.54 Å². The number of nitrogens with zero attached hydrogens (tertiary/aromatic N) is 1. The molecule has 0 saturated carbocycles. The smallest absolute Gasteiger partial charge is 0.321 e. The summed E-state index contributed by atoms with van der Waals surface area (Å²) in [6.07, 6.45) is 0. The Morgan fingerprint density at radius 2 is 1.86 bits per heavy atom. The molecule has 0 aliphatic rings. The first-order valence-corrected chi connectivity index (χ1v) is 6.22. The van der Waals surface area contributed by atoms with Crippen molar-refractivity contribution >= 4 is 16.0 Å². The lowest BCUT2D eigenvalue weighted by molar-refractivity contribution is -0.143. The Balaban J connectivity index is 4.38. The zero-order valence-corrected chi connectivity index (χ0v) is 9.63. The van der Waals surface area contributed by atoms with Gasteiger partial charge in [-0.2, -0.15) is 4.31 Å². The summed E-state index contributed by atoms with van der Waals surface area (Å²) in [4.78, 5) is 11.0. The molecule has 0 saturated heterocycles. The number of ether oxygens (including phenoxy) is 1. The highest BCUT2D eigenvalue weighted by atomic mass is 32.2. The van der Waals surface area contributed by atoms with Crippen molar-refractivity contribution in [3.8, 4) is 0 Å². The van der Waals surface area contributed by atoms with Crippen molar-refractivity contribution in [3.05, 3.63) is 0 Å². The third-order valence-corrected chi connectivity index (χ3v) is 3.63. The van der Waals surface area contributed by atoms with Crippen LogP contribution in [0.4, 0.5) is 0 Å². The largest absolute Gasteiger partial charge is 0.465 e. The first-order chi connectivity index (χ1) is 6.47. The summed E-state index contributed by atoms with van der Waals surface area (Å²) in [6.45, 7) is 5.27. The average molecular weight is 223 g/mol. The van der Waals surface area contributed by atoms with Crippen LogP contribution in [0.1, 0.15) is 20.8 Å². The van der Waals surface area contributed by atoms with E-state index in [1.165, 1.54) is 0 Å². The molecular formula is C8H17NO4S. The molecule has 0 aromatic rings. The maximum absolute atomic E-state index is 11.4. The van der Waals surface area contributed by atoms with Gasteiger partial charge in [-0.15, -0.1) is 0 Å². The molecule has 0 spiro atoms. The zero-order valence-electron chi connectivity index (χ0n) is 8.82. The highest BCUT2D eigenvalue weighted by molar-refractivity contribution is 7.89. The van der Waals surface area contributed by atoms with Crippen molar-refractivity contribution in [2.45, 2.75) is 20.8 Å². The molecule has 14 heavy (non-hydrogen) atoms. The minimum atomic E-state index is -3.29. The van der Waals surface area contributed by atoms with Crippen LogP contribution in [0, 0.1) is 0 Å². The number of hydrogen-bond acceptors (Lipinski definition) is 4. The van der Waals surface area contributed by atoms with Gasteiger partial charge in [-0.25, -0.2) is 8.42 Å². The van der Waals surface area contributed by atoms with Crippen LogP contribution >= 0.6 is 0 Å². The van der Waals surface area contributed by atoms with E-state index in [-0.39, 0.29) is 25.4 Å². The van der Waals surface area contributed by atoms with Crippen molar-refractivity contribution in [1.82, 2.24) is 4.31 Å². The molecule has 0 aliphatic carbocycles. The molecule has 0 aromatic heterocycles. The van der Waals surface area contributed by atoms with Crippen LogP contribution in [0.15, 0.2) is 0 Å². The number of rotatable bonds is 6. The third-order valence-electron chi connectivity index (χ3n) is 1.72. The Labute approximate surface area is 85.1 Å². The normalized spacial score (nSPS) is 11.7. The van der Waals surface area contributed by atoms with Crippen molar-refractivity contribution in [2.24, 2.45) is 0 Å². The molecule has 0 aliphatic heterocycles. The Morgan fingerprint density at radius 1 is 1.29 bits per heavy atom. The topological polar surface area (TPSA) is 63.7 Å². The number of carbonyl (C=O) groups excluding carboxylic acids is 1. The number of likely N-dealkylation sites (N-methyl/N-ethyl adjacent to an activating group) is 1. The van der Waals surface area contributed by atoms with Crippen LogP contribution < -0.4 is 0 Å². The monoisotopic (exact) mass is 223 g/mol. The van der Waals surface area contributed by atoms with Crippen molar-refractivity contribution in [3.63, 3.8) is 0 Å². The van der Waals surface area contributed by atoms with Gasteiger partial charge in [-0.3, -0.25) is 4.79 Å². The minimum Gasteiger partial charge on any atom is -0.465 e. The fourth-order valence-corrected chi connectivity index (χ4v) is 2.00. The lowest BCUT2D eigenvalue weighted by Gasteiger charge is -2.17. The Bertz CT molecular complexity index is 273. The first-order valence-electron chi connectivity index (χ1n) is 4.61. The van der Waals surface area contributed by atoms with Crippen molar-refractivity contribution in [2.75, 3.05) is 25.4 Å². The van der Waals surface area contributed by atoms with Crippen molar-refractivity contribution < 1.29 is 17.9 Å². The maximum Gasteiger partial charge on any atom is 0.321 e. The zero-order chi connectivity index (χ0) is 11.2. The predicted octanol–water partition coefficient (Wildman–Crippen LogP) is 0.221. The number of hydrogen-bond donors (Lipinski definition) is 0. The van der Waals surface area contributed by atoms with Crippen LogP contribution in [0.5, 0.6) is 0 Å². The molecule has 0 heterocycles. The summed E-state index contributed by atoms with van der Waals surface area (Å²) in [5.41, 5.74) is 0. The molecule has 0 aromatic carbocycles.